The number of carbonyl (C=O) groups excluding carboxylic acids is 2. The molecule has 0 radical (unpaired) electrons. The van der Waals surface area contributed by atoms with Gasteiger partial charge in [-0.1, -0.05) is 66.7 Å². The van der Waals surface area contributed by atoms with Crippen molar-refractivity contribution in [2.45, 2.75) is 37.0 Å². The van der Waals surface area contributed by atoms with Crippen molar-refractivity contribution in [2.24, 2.45) is 0 Å². The summed E-state index contributed by atoms with van der Waals surface area (Å²) in [6.45, 7) is 0.169. The first-order valence-corrected chi connectivity index (χ1v) is 11.7. The Morgan fingerprint density at radius 2 is 1.25 bits per heavy atom. The minimum absolute atomic E-state index is 0.169. The molecule has 6 atom stereocenters. The highest BCUT2D eigenvalue weighted by atomic mass is 16.8. The molecule has 0 aliphatic carbocycles. The van der Waals surface area contributed by atoms with E-state index in [1.54, 1.807) is 60.7 Å². The number of fused-ring (bicyclic) bond motifs is 1. The average molecular weight is 491 g/mol. The number of ether oxygens (including phenoxy) is 6. The minimum atomic E-state index is -1.09. The van der Waals surface area contributed by atoms with Gasteiger partial charge in [0.2, 0.25) is 0 Å². The first kappa shape index (κ1) is 24.1. The zero-order chi connectivity index (χ0) is 24.9. The van der Waals surface area contributed by atoms with E-state index in [0.29, 0.717) is 11.1 Å². The molecule has 3 aromatic rings. The van der Waals surface area contributed by atoms with Gasteiger partial charge in [-0.3, -0.25) is 0 Å². The van der Waals surface area contributed by atoms with Crippen molar-refractivity contribution in [1.29, 1.82) is 0 Å². The van der Waals surface area contributed by atoms with Gasteiger partial charge in [-0.2, -0.15) is 0 Å². The summed E-state index contributed by atoms with van der Waals surface area (Å²) in [5.41, 5.74) is 1.50. The molecule has 2 heterocycles. The molecule has 5 rings (SSSR count). The fourth-order valence-corrected chi connectivity index (χ4v) is 4.31. The second kappa shape index (κ2) is 11.0. The number of hydrogen-bond donors (Lipinski definition) is 0. The molecule has 0 aromatic heterocycles. The van der Waals surface area contributed by atoms with Gasteiger partial charge in [-0.25, -0.2) is 9.59 Å². The van der Waals surface area contributed by atoms with E-state index in [4.69, 9.17) is 28.4 Å². The number of esters is 2. The molecule has 186 valence electrons. The molecular formula is C28H26O8. The van der Waals surface area contributed by atoms with Gasteiger partial charge in [0.25, 0.3) is 0 Å². The van der Waals surface area contributed by atoms with Gasteiger partial charge in [-0.05, 0) is 24.3 Å². The standard InChI is InChI=1S/C28H26O8/c1-31-28-24(35-26(30)19-13-7-3-8-14-19)23(34-25(29)18-11-5-2-6-12-18)22-21(33-28)17-32-27(36-22)20-15-9-4-10-16-20/h2-16,21-24,27-28H,17H2,1H3/t21-,22+,23-,24+,27+,28+/m0/s1. The van der Waals surface area contributed by atoms with E-state index in [1.165, 1.54) is 7.11 Å². The number of hydrogen-bond acceptors (Lipinski definition) is 8. The number of rotatable bonds is 6. The predicted molar refractivity (Wildman–Crippen MR) is 127 cm³/mol. The highest BCUT2D eigenvalue weighted by Crippen LogP contribution is 2.37. The van der Waals surface area contributed by atoms with Gasteiger partial charge in [0.1, 0.15) is 12.2 Å². The van der Waals surface area contributed by atoms with Crippen molar-refractivity contribution in [3.05, 3.63) is 108 Å². The van der Waals surface area contributed by atoms with Crippen LogP contribution in [-0.4, -0.2) is 56.4 Å². The topological polar surface area (TPSA) is 89.5 Å². The molecule has 2 saturated heterocycles. The van der Waals surface area contributed by atoms with Crippen LogP contribution in [0.1, 0.15) is 32.6 Å². The Hall–Kier alpha value is -3.56. The van der Waals surface area contributed by atoms with Crippen LogP contribution in [-0.2, 0) is 28.4 Å². The van der Waals surface area contributed by atoms with Crippen LogP contribution < -0.4 is 0 Å². The highest BCUT2D eigenvalue weighted by Gasteiger charge is 2.54. The monoisotopic (exact) mass is 490 g/mol. The first-order chi connectivity index (χ1) is 17.6. The lowest BCUT2D eigenvalue weighted by atomic mass is 9.97. The summed E-state index contributed by atoms with van der Waals surface area (Å²) >= 11 is 0. The van der Waals surface area contributed by atoms with Crippen LogP contribution in [0, 0.1) is 0 Å². The van der Waals surface area contributed by atoms with Crippen molar-refractivity contribution in [3.8, 4) is 0 Å². The van der Waals surface area contributed by atoms with Gasteiger partial charge in [0.15, 0.2) is 24.8 Å². The van der Waals surface area contributed by atoms with Crippen LogP contribution in [0.4, 0.5) is 0 Å². The fourth-order valence-electron chi connectivity index (χ4n) is 4.31. The van der Waals surface area contributed by atoms with E-state index in [9.17, 15) is 9.59 Å². The Balaban J connectivity index is 1.46. The van der Waals surface area contributed by atoms with Crippen molar-refractivity contribution in [3.63, 3.8) is 0 Å². The molecule has 0 amide bonds. The Morgan fingerprint density at radius 3 is 1.81 bits per heavy atom. The Kier molecular flexibility index (Phi) is 7.39. The van der Waals surface area contributed by atoms with E-state index in [0.717, 1.165) is 5.56 Å². The summed E-state index contributed by atoms with van der Waals surface area (Å²) in [6.07, 6.45) is -5.23. The van der Waals surface area contributed by atoms with Crippen LogP contribution >= 0.6 is 0 Å². The maximum Gasteiger partial charge on any atom is 0.338 e. The molecule has 2 aliphatic rings. The summed E-state index contributed by atoms with van der Waals surface area (Å²) in [7, 11) is 1.43. The maximum atomic E-state index is 13.1. The molecule has 36 heavy (non-hydrogen) atoms. The SMILES string of the molecule is CO[C@@H]1O[C@H]2CO[C@@H](c3ccccc3)O[C@H]2[C@H](OC(=O)c2ccccc2)[C@H]1OC(=O)c1ccccc1. The van der Waals surface area contributed by atoms with Crippen molar-refractivity contribution < 1.29 is 38.0 Å². The smallest absolute Gasteiger partial charge is 0.338 e. The first-order valence-electron chi connectivity index (χ1n) is 11.7. The van der Waals surface area contributed by atoms with Gasteiger partial charge in [0, 0.05) is 12.7 Å². The molecule has 8 nitrogen and oxygen atoms in total. The van der Waals surface area contributed by atoms with Crippen LogP contribution in [0.3, 0.4) is 0 Å². The maximum absolute atomic E-state index is 13.1. The van der Waals surface area contributed by atoms with Crippen LogP contribution in [0.5, 0.6) is 0 Å². The predicted octanol–water partition coefficient (Wildman–Crippen LogP) is 3.92. The molecule has 0 unspecified atom stereocenters. The zero-order valence-electron chi connectivity index (χ0n) is 19.6. The van der Waals surface area contributed by atoms with Gasteiger partial charge < -0.3 is 28.4 Å². The van der Waals surface area contributed by atoms with Crippen molar-refractivity contribution in [2.75, 3.05) is 13.7 Å². The van der Waals surface area contributed by atoms with Gasteiger partial charge >= 0.3 is 11.9 Å². The molecule has 2 fully saturated rings. The average Bonchev–Trinajstić information content (AvgIpc) is 2.95. The molecule has 0 saturated carbocycles. The second-order valence-electron chi connectivity index (χ2n) is 8.43. The molecular weight excluding hydrogens is 464 g/mol. The summed E-state index contributed by atoms with van der Waals surface area (Å²) < 4.78 is 35.5. The second-order valence-corrected chi connectivity index (χ2v) is 8.43. The Labute approximate surface area is 208 Å². The molecule has 8 heteroatoms. The molecule has 0 spiro atoms. The highest BCUT2D eigenvalue weighted by molar-refractivity contribution is 5.90. The summed E-state index contributed by atoms with van der Waals surface area (Å²) in [4.78, 5) is 26.1. The van der Waals surface area contributed by atoms with Crippen LogP contribution in [0.2, 0.25) is 0 Å². The lowest BCUT2D eigenvalue weighted by molar-refractivity contribution is -0.356. The number of methoxy groups -OCH3 is 1. The van der Waals surface area contributed by atoms with E-state index in [1.807, 2.05) is 30.3 Å². The minimum Gasteiger partial charge on any atom is -0.452 e. The van der Waals surface area contributed by atoms with E-state index < -0.39 is 48.9 Å². The Morgan fingerprint density at radius 1 is 0.722 bits per heavy atom. The van der Waals surface area contributed by atoms with E-state index >= 15 is 0 Å². The van der Waals surface area contributed by atoms with E-state index in [2.05, 4.69) is 0 Å². The third-order valence-corrected chi connectivity index (χ3v) is 6.09. The third kappa shape index (κ3) is 5.17. The van der Waals surface area contributed by atoms with Gasteiger partial charge in [-0.15, -0.1) is 0 Å². The molecule has 3 aromatic carbocycles. The third-order valence-electron chi connectivity index (χ3n) is 6.09. The molecule has 0 N–H and O–H groups in total. The number of carbonyl (C=O) groups is 2. The van der Waals surface area contributed by atoms with Crippen molar-refractivity contribution in [1.82, 2.24) is 0 Å². The largest absolute Gasteiger partial charge is 0.452 e. The van der Waals surface area contributed by atoms with Crippen molar-refractivity contribution >= 4 is 11.9 Å². The molecule has 2 aliphatic heterocycles. The number of benzene rings is 3. The fraction of sp³-hybridized carbons (Fsp3) is 0.286. The van der Waals surface area contributed by atoms with Gasteiger partial charge in [0.05, 0.1) is 17.7 Å². The van der Waals surface area contributed by atoms with Crippen LogP contribution in [0.25, 0.3) is 0 Å². The summed E-state index contributed by atoms with van der Waals surface area (Å²) in [5, 5.41) is 0. The van der Waals surface area contributed by atoms with Crippen LogP contribution in [0.15, 0.2) is 91.0 Å². The molecule has 0 bridgehead atoms. The Bertz CT molecular complexity index is 1150. The summed E-state index contributed by atoms with van der Waals surface area (Å²) in [5.74, 6) is -1.18. The quantitative estimate of drug-likeness (QED) is 0.481. The lowest BCUT2D eigenvalue weighted by Crippen LogP contribution is -2.64. The normalized spacial score (nSPS) is 27.5. The van der Waals surface area contributed by atoms with E-state index in [-0.39, 0.29) is 6.61 Å². The zero-order valence-corrected chi connectivity index (χ0v) is 19.6. The lowest BCUT2D eigenvalue weighted by Gasteiger charge is -2.47. The summed E-state index contributed by atoms with van der Waals surface area (Å²) in [6, 6.07) is 26.5.